The van der Waals surface area contributed by atoms with E-state index in [0.717, 1.165) is 16.7 Å². The van der Waals surface area contributed by atoms with Gasteiger partial charge >= 0.3 is 0 Å². The third-order valence-corrected chi connectivity index (χ3v) is 7.27. The first-order chi connectivity index (χ1) is 21.0. The summed E-state index contributed by atoms with van der Waals surface area (Å²) in [6.45, 7) is 2.78. The van der Waals surface area contributed by atoms with Crippen molar-refractivity contribution in [1.82, 2.24) is 5.32 Å². The highest BCUT2D eigenvalue weighted by Crippen LogP contribution is 2.43. The molecule has 1 heterocycles. The molecule has 4 aromatic rings. The highest BCUT2D eigenvalue weighted by molar-refractivity contribution is 6.01. The molecule has 0 unspecified atom stereocenters. The molecule has 2 N–H and O–H groups in total. The number of amides is 1. The van der Waals surface area contributed by atoms with Gasteiger partial charge in [-0.15, -0.1) is 0 Å². The maximum atomic E-state index is 14.4. The van der Waals surface area contributed by atoms with Crippen molar-refractivity contribution in [2.24, 2.45) is 10.1 Å². The van der Waals surface area contributed by atoms with Gasteiger partial charge < -0.3 is 19.9 Å². The summed E-state index contributed by atoms with van der Waals surface area (Å²) in [4.78, 5) is 22.5. The Morgan fingerprint density at radius 1 is 1.05 bits per heavy atom. The summed E-state index contributed by atoms with van der Waals surface area (Å²) in [5.41, 5.74) is 12.4. The number of hydrogen-bond acceptors (Lipinski definition) is 6. The second kappa shape index (κ2) is 13.7. The van der Waals surface area contributed by atoms with E-state index in [1.165, 1.54) is 0 Å². The highest BCUT2D eigenvalue weighted by atomic mass is 16.5. The SMILES string of the molecule is Cc1cccc(CNC(=O)[C@]2(Cc3ccccc3N=[N+]=[N-])N=C(c3ccc(OCCCO)cc3)O[C@@H]2c2ccccc2)c1. The molecule has 218 valence electrons. The number of aliphatic imine (C=N–C) groups is 1. The number of nitrogens with one attached hydrogen (secondary N) is 1. The van der Waals surface area contributed by atoms with Crippen LogP contribution in [0.15, 0.2) is 113 Å². The zero-order valence-electron chi connectivity index (χ0n) is 23.9. The standard InChI is InChI=1S/C34H33N5O4/c1-24-9-7-10-25(21-24)23-36-33(41)34(22-28-13-5-6-14-30(28)38-39-35)31(26-11-3-2-4-12-26)43-32(37-34)27-15-17-29(18-16-27)42-20-8-19-40/h2-7,9-18,21,31,40H,8,19-20,22-23H2,1H3,(H,36,41)/t31-,34-/m1/s1. The minimum Gasteiger partial charge on any atom is -0.494 e. The second-order valence-electron chi connectivity index (χ2n) is 10.4. The molecule has 1 aliphatic rings. The van der Waals surface area contributed by atoms with Crippen LogP contribution in [0.2, 0.25) is 0 Å². The average Bonchev–Trinajstić information content (AvgIpc) is 3.42. The van der Waals surface area contributed by atoms with E-state index in [1.54, 1.807) is 12.1 Å². The van der Waals surface area contributed by atoms with Crippen molar-refractivity contribution in [3.05, 3.63) is 141 Å². The van der Waals surface area contributed by atoms with Crippen molar-refractivity contribution in [1.29, 1.82) is 0 Å². The van der Waals surface area contributed by atoms with Crippen LogP contribution in [0.25, 0.3) is 10.4 Å². The van der Waals surface area contributed by atoms with E-state index in [9.17, 15) is 10.3 Å². The highest BCUT2D eigenvalue weighted by Gasteiger charge is 2.53. The predicted molar refractivity (Wildman–Crippen MR) is 165 cm³/mol. The summed E-state index contributed by atoms with van der Waals surface area (Å²) in [6, 6.07) is 32.0. The van der Waals surface area contributed by atoms with Crippen LogP contribution < -0.4 is 10.1 Å². The Labute approximate surface area is 250 Å². The maximum absolute atomic E-state index is 14.4. The minimum atomic E-state index is -1.42. The number of aryl methyl sites for hydroxylation is 1. The number of nitrogens with zero attached hydrogens (tertiary/aromatic N) is 4. The Kier molecular flexibility index (Phi) is 9.36. The number of hydrogen-bond donors (Lipinski definition) is 2. The van der Waals surface area contributed by atoms with Gasteiger partial charge in [-0.1, -0.05) is 89.5 Å². The molecule has 5 rings (SSSR count). The molecular weight excluding hydrogens is 542 g/mol. The molecule has 2 atom stereocenters. The molecule has 43 heavy (non-hydrogen) atoms. The summed E-state index contributed by atoms with van der Waals surface area (Å²) >= 11 is 0. The van der Waals surface area contributed by atoms with Gasteiger partial charge in [0.2, 0.25) is 5.90 Å². The van der Waals surface area contributed by atoms with Gasteiger partial charge in [0.1, 0.15) is 5.75 Å². The smallest absolute Gasteiger partial charge is 0.252 e. The first-order valence-electron chi connectivity index (χ1n) is 14.1. The monoisotopic (exact) mass is 575 g/mol. The lowest BCUT2D eigenvalue weighted by atomic mass is 9.81. The lowest BCUT2D eigenvalue weighted by Crippen LogP contribution is -2.49. The van der Waals surface area contributed by atoms with Gasteiger partial charge in [0.05, 0.1) is 6.61 Å². The molecule has 0 saturated heterocycles. The van der Waals surface area contributed by atoms with E-state index < -0.39 is 11.6 Å². The van der Waals surface area contributed by atoms with Gasteiger partial charge in [-0.05, 0) is 53.4 Å². The quantitative estimate of drug-likeness (QED) is 0.0863. The number of azide groups is 1. The summed E-state index contributed by atoms with van der Waals surface area (Å²) < 4.78 is 12.3. The zero-order valence-corrected chi connectivity index (χ0v) is 23.9. The first kappa shape index (κ1) is 29.4. The molecule has 0 radical (unpaired) electrons. The fourth-order valence-corrected chi connectivity index (χ4v) is 5.16. The van der Waals surface area contributed by atoms with Crippen LogP contribution in [0.3, 0.4) is 0 Å². The molecular formula is C34H33N5O4. The second-order valence-corrected chi connectivity index (χ2v) is 10.4. The Balaban J connectivity index is 1.58. The first-order valence-corrected chi connectivity index (χ1v) is 14.1. The molecule has 0 aromatic heterocycles. The summed E-state index contributed by atoms with van der Waals surface area (Å²) in [6.07, 6.45) is -0.0954. The molecule has 0 saturated carbocycles. The van der Waals surface area contributed by atoms with E-state index in [0.29, 0.717) is 48.0 Å². The van der Waals surface area contributed by atoms with E-state index in [-0.39, 0.29) is 18.9 Å². The molecule has 9 heteroatoms. The van der Waals surface area contributed by atoms with Crippen LogP contribution in [0, 0.1) is 6.92 Å². The molecule has 4 aromatic carbocycles. The van der Waals surface area contributed by atoms with E-state index in [4.69, 9.17) is 19.6 Å². The predicted octanol–water partition coefficient (Wildman–Crippen LogP) is 6.51. The van der Waals surface area contributed by atoms with Gasteiger partial charge in [-0.2, -0.15) is 0 Å². The number of benzene rings is 4. The van der Waals surface area contributed by atoms with Gasteiger partial charge in [0.25, 0.3) is 5.91 Å². The van der Waals surface area contributed by atoms with Crippen molar-refractivity contribution < 1.29 is 19.4 Å². The van der Waals surface area contributed by atoms with Crippen LogP contribution >= 0.6 is 0 Å². The third kappa shape index (κ3) is 6.86. The number of rotatable bonds is 12. The number of carbonyl (C=O) groups excluding carboxylic acids is 1. The van der Waals surface area contributed by atoms with Crippen molar-refractivity contribution in [3.63, 3.8) is 0 Å². The van der Waals surface area contributed by atoms with Crippen LogP contribution in [0.5, 0.6) is 5.75 Å². The zero-order chi connectivity index (χ0) is 30.1. The number of aliphatic hydroxyl groups excluding tert-OH is 1. The lowest BCUT2D eigenvalue weighted by Gasteiger charge is -2.31. The van der Waals surface area contributed by atoms with Crippen molar-refractivity contribution in [3.8, 4) is 5.75 Å². The van der Waals surface area contributed by atoms with Gasteiger partial charge in [-0.25, -0.2) is 4.99 Å². The minimum absolute atomic E-state index is 0.0560. The Morgan fingerprint density at radius 3 is 2.56 bits per heavy atom. The van der Waals surface area contributed by atoms with E-state index in [2.05, 4.69) is 15.3 Å². The van der Waals surface area contributed by atoms with Crippen molar-refractivity contribution in [2.75, 3.05) is 13.2 Å². The Bertz CT molecular complexity index is 1630. The van der Waals surface area contributed by atoms with Crippen molar-refractivity contribution >= 4 is 17.5 Å². The van der Waals surface area contributed by atoms with Gasteiger partial charge in [0, 0.05) is 42.2 Å². The molecule has 1 aliphatic heterocycles. The molecule has 0 aliphatic carbocycles. The largest absolute Gasteiger partial charge is 0.494 e. The number of aliphatic hydroxyl groups is 1. The van der Waals surface area contributed by atoms with E-state index in [1.807, 2.05) is 97.9 Å². The lowest BCUT2D eigenvalue weighted by molar-refractivity contribution is -0.129. The normalized spacial score (nSPS) is 17.3. The fourth-order valence-electron chi connectivity index (χ4n) is 5.16. The Hall–Kier alpha value is -5.11. The average molecular weight is 576 g/mol. The van der Waals surface area contributed by atoms with Crippen LogP contribution in [0.1, 0.15) is 40.3 Å². The van der Waals surface area contributed by atoms with Gasteiger partial charge in [-0.3, -0.25) is 4.79 Å². The van der Waals surface area contributed by atoms with Crippen LogP contribution in [-0.2, 0) is 22.5 Å². The number of ether oxygens (including phenoxy) is 2. The third-order valence-electron chi connectivity index (χ3n) is 7.27. The molecule has 9 nitrogen and oxygen atoms in total. The topological polar surface area (TPSA) is 129 Å². The molecule has 0 spiro atoms. The summed E-state index contributed by atoms with van der Waals surface area (Å²) in [7, 11) is 0. The van der Waals surface area contributed by atoms with Gasteiger partial charge in [0.15, 0.2) is 11.6 Å². The maximum Gasteiger partial charge on any atom is 0.252 e. The van der Waals surface area contributed by atoms with E-state index >= 15 is 0 Å². The Morgan fingerprint density at radius 2 is 1.81 bits per heavy atom. The fraction of sp³-hybridized carbons (Fsp3) is 0.235. The van der Waals surface area contributed by atoms with Crippen molar-refractivity contribution in [2.45, 2.75) is 38.0 Å². The molecule has 0 fully saturated rings. The summed E-state index contributed by atoms with van der Waals surface area (Å²) in [5.74, 6) is 0.668. The number of carbonyl (C=O) groups is 1. The summed E-state index contributed by atoms with van der Waals surface area (Å²) in [5, 5.41) is 16.1. The van der Waals surface area contributed by atoms with Crippen LogP contribution in [0.4, 0.5) is 5.69 Å². The van der Waals surface area contributed by atoms with Crippen LogP contribution in [-0.4, -0.2) is 35.7 Å². The molecule has 0 bridgehead atoms. The molecule has 1 amide bonds.